The number of aromatic nitrogens is 1. The second-order valence-corrected chi connectivity index (χ2v) is 4.52. The van der Waals surface area contributed by atoms with Gasteiger partial charge >= 0.3 is 0 Å². The Bertz CT molecular complexity index is 597. The molecule has 1 aliphatic heterocycles. The topological polar surface area (TPSA) is 49.4 Å². The molecule has 94 valence electrons. The minimum Gasteiger partial charge on any atom is -0.499 e. The Labute approximate surface area is 106 Å². The molecule has 0 fully saturated rings. The van der Waals surface area contributed by atoms with E-state index >= 15 is 0 Å². The number of methoxy groups -OCH3 is 1. The number of nitrogens with one attached hydrogen (secondary N) is 2. The minimum atomic E-state index is 0.117. The molecule has 1 aromatic rings. The minimum absolute atomic E-state index is 0.117. The van der Waals surface area contributed by atoms with Gasteiger partial charge in [-0.05, 0) is 18.6 Å². The molecule has 2 aliphatic rings. The number of nitrogens with zero attached hydrogens (tertiary/aromatic N) is 1. The highest BCUT2D eigenvalue weighted by Gasteiger charge is 2.20. The molecule has 3 rings (SSSR count). The molecule has 2 N–H and O–H groups in total. The molecular weight excluding hydrogens is 226 g/mol. The highest BCUT2D eigenvalue weighted by atomic mass is 16.5. The summed E-state index contributed by atoms with van der Waals surface area (Å²) in [6, 6.07) is 2.28. The lowest BCUT2D eigenvalue weighted by Gasteiger charge is -2.25. The number of ether oxygens (including phenoxy) is 1. The van der Waals surface area contributed by atoms with Crippen LogP contribution in [-0.4, -0.2) is 24.3 Å². The van der Waals surface area contributed by atoms with E-state index in [1.54, 1.807) is 7.11 Å². The molecule has 2 heterocycles. The van der Waals surface area contributed by atoms with Crippen LogP contribution >= 0.6 is 0 Å². The van der Waals surface area contributed by atoms with Crippen molar-refractivity contribution in [2.75, 3.05) is 7.11 Å². The number of hydrogen-bond acceptors (Lipinski definition) is 3. The van der Waals surface area contributed by atoms with Gasteiger partial charge in [0, 0.05) is 17.8 Å². The highest BCUT2D eigenvalue weighted by molar-refractivity contribution is 5.26. The van der Waals surface area contributed by atoms with E-state index < -0.39 is 0 Å². The molecule has 0 spiro atoms. The van der Waals surface area contributed by atoms with Crippen molar-refractivity contribution in [3.63, 3.8) is 0 Å². The summed E-state index contributed by atoms with van der Waals surface area (Å²) in [4.78, 5) is 7.82. The lowest BCUT2D eigenvalue weighted by molar-refractivity contribution is 0.241. The average molecular weight is 243 g/mol. The van der Waals surface area contributed by atoms with E-state index in [1.807, 2.05) is 18.3 Å². The largest absolute Gasteiger partial charge is 0.499 e. The molecule has 0 bridgehead atoms. The van der Waals surface area contributed by atoms with Crippen LogP contribution in [0.15, 0.2) is 41.2 Å². The standard InChI is InChI=1S/C14H17N3O/c1-18-12-5-3-2-4-11(12)16-13-7-6-10-8-9-15-14(10)17-13/h2-3,5-6,8-9,11,13,16H,4,7H2,1H3,(H,15,17). The molecular formula is C14H17N3O. The normalized spacial score (nSPS) is 25.7. The number of rotatable bonds is 3. The predicted molar refractivity (Wildman–Crippen MR) is 70.2 cm³/mol. The van der Waals surface area contributed by atoms with Gasteiger partial charge in [-0.25, -0.2) is 4.99 Å². The van der Waals surface area contributed by atoms with Crippen LogP contribution in [0.25, 0.3) is 6.08 Å². The molecule has 4 heteroatoms. The Kier molecular flexibility index (Phi) is 3.02. The second-order valence-electron chi connectivity index (χ2n) is 4.52. The molecule has 18 heavy (non-hydrogen) atoms. The van der Waals surface area contributed by atoms with E-state index in [0.29, 0.717) is 0 Å². The third kappa shape index (κ3) is 2.11. The van der Waals surface area contributed by atoms with Crippen LogP contribution in [0.4, 0.5) is 0 Å². The third-order valence-electron chi connectivity index (χ3n) is 3.34. The zero-order chi connectivity index (χ0) is 12.4. The molecule has 0 saturated carbocycles. The van der Waals surface area contributed by atoms with Crippen LogP contribution in [0.2, 0.25) is 0 Å². The Morgan fingerprint density at radius 1 is 1.44 bits per heavy atom. The van der Waals surface area contributed by atoms with E-state index in [1.165, 1.54) is 5.22 Å². The molecule has 1 aliphatic carbocycles. The molecule has 2 unspecified atom stereocenters. The van der Waals surface area contributed by atoms with Gasteiger partial charge < -0.3 is 9.72 Å². The van der Waals surface area contributed by atoms with E-state index in [9.17, 15) is 0 Å². The fourth-order valence-electron chi connectivity index (χ4n) is 2.40. The Hall–Kier alpha value is -1.81. The zero-order valence-corrected chi connectivity index (χ0v) is 10.4. The first-order valence-corrected chi connectivity index (χ1v) is 6.25. The number of allylic oxidation sites excluding steroid dienone is 2. The Balaban J connectivity index is 1.75. The molecule has 4 nitrogen and oxygen atoms in total. The first-order valence-electron chi connectivity index (χ1n) is 6.25. The Morgan fingerprint density at radius 2 is 2.39 bits per heavy atom. The summed E-state index contributed by atoms with van der Waals surface area (Å²) in [6.07, 6.45) is 12.3. The number of hydrogen-bond donors (Lipinski definition) is 2. The van der Waals surface area contributed by atoms with Crippen molar-refractivity contribution in [3.8, 4) is 0 Å². The Morgan fingerprint density at radius 3 is 3.28 bits per heavy atom. The lowest BCUT2D eigenvalue weighted by atomic mass is 10.1. The van der Waals surface area contributed by atoms with Gasteiger partial charge in [0.15, 0.2) is 0 Å². The van der Waals surface area contributed by atoms with Crippen molar-refractivity contribution in [1.29, 1.82) is 0 Å². The fraction of sp³-hybridized carbons (Fsp3) is 0.357. The van der Waals surface area contributed by atoms with Crippen molar-refractivity contribution in [1.82, 2.24) is 10.3 Å². The van der Waals surface area contributed by atoms with Crippen molar-refractivity contribution < 1.29 is 4.74 Å². The molecule has 0 aromatic carbocycles. The maximum absolute atomic E-state index is 5.39. The van der Waals surface area contributed by atoms with E-state index in [-0.39, 0.29) is 12.2 Å². The molecule has 0 saturated heterocycles. The van der Waals surface area contributed by atoms with Gasteiger partial charge in [0.05, 0.1) is 13.2 Å². The SMILES string of the molecule is COC1=CC=CCC1NC1CC=c2cc[nH]c2=N1. The maximum Gasteiger partial charge on any atom is 0.133 e. The van der Waals surface area contributed by atoms with Gasteiger partial charge in [-0.2, -0.15) is 0 Å². The summed E-state index contributed by atoms with van der Waals surface area (Å²) in [5.74, 6) is 0.977. The zero-order valence-electron chi connectivity index (χ0n) is 10.4. The first-order chi connectivity index (χ1) is 8.86. The highest BCUT2D eigenvalue weighted by Crippen LogP contribution is 2.15. The van der Waals surface area contributed by atoms with Crippen LogP contribution in [0.5, 0.6) is 0 Å². The summed E-state index contributed by atoms with van der Waals surface area (Å²) >= 11 is 0. The van der Waals surface area contributed by atoms with E-state index in [2.05, 4.69) is 33.5 Å². The van der Waals surface area contributed by atoms with Crippen LogP contribution in [-0.2, 0) is 4.74 Å². The van der Waals surface area contributed by atoms with Crippen LogP contribution in [0.3, 0.4) is 0 Å². The quantitative estimate of drug-likeness (QED) is 0.816. The van der Waals surface area contributed by atoms with Crippen LogP contribution in [0.1, 0.15) is 12.8 Å². The van der Waals surface area contributed by atoms with Crippen LogP contribution < -0.4 is 16.0 Å². The van der Waals surface area contributed by atoms with Gasteiger partial charge in [0.25, 0.3) is 0 Å². The van der Waals surface area contributed by atoms with Crippen molar-refractivity contribution in [2.24, 2.45) is 4.99 Å². The van der Waals surface area contributed by atoms with Gasteiger partial charge in [0.1, 0.15) is 17.4 Å². The summed E-state index contributed by atoms with van der Waals surface area (Å²) in [7, 11) is 1.72. The average Bonchev–Trinajstić information content (AvgIpc) is 2.87. The van der Waals surface area contributed by atoms with Crippen molar-refractivity contribution in [2.45, 2.75) is 25.0 Å². The summed E-state index contributed by atoms with van der Waals surface area (Å²) < 4.78 is 5.39. The van der Waals surface area contributed by atoms with Gasteiger partial charge in [-0.3, -0.25) is 5.32 Å². The number of fused-ring (bicyclic) bond motifs is 1. The van der Waals surface area contributed by atoms with E-state index in [0.717, 1.165) is 24.1 Å². The second kappa shape index (κ2) is 4.82. The first kappa shape index (κ1) is 11.3. The molecule has 2 atom stereocenters. The molecule has 0 radical (unpaired) electrons. The van der Waals surface area contributed by atoms with Crippen LogP contribution in [0, 0.1) is 0 Å². The summed E-state index contributed by atoms with van der Waals surface area (Å²) in [6.45, 7) is 0. The van der Waals surface area contributed by atoms with E-state index in [4.69, 9.17) is 4.74 Å². The number of H-pyrrole nitrogens is 1. The molecule has 1 aromatic heterocycles. The van der Waals surface area contributed by atoms with Crippen molar-refractivity contribution in [3.05, 3.63) is 47.0 Å². The maximum atomic E-state index is 5.39. The number of aromatic amines is 1. The lowest BCUT2D eigenvalue weighted by Crippen LogP contribution is -2.43. The predicted octanol–water partition coefficient (Wildman–Crippen LogP) is 0.593. The van der Waals surface area contributed by atoms with Gasteiger partial charge in [-0.15, -0.1) is 0 Å². The van der Waals surface area contributed by atoms with Gasteiger partial charge in [0.2, 0.25) is 0 Å². The van der Waals surface area contributed by atoms with Gasteiger partial charge in [-0.1, -0.05) is 18.2 Å². The summed E-state index contributed by atoms with van der Waals surface area (Å²) in [5, 5.41) is 4.72. The van der Waals surface area contributed by atoms with Crippen molar-refractivity contribution >= 4 is 6.08 Å². The monoisotopic (exact) mass is 243 g/mol. The molecule has 0 amide bonds. The third-order valence-corrected chi connectivity index (χ3v) is 3.34. The smallest absolute Gasteiger partial charge is 0.133 e. The summed E-state index contributed by atoms with van der Waals surface area (Å²) in [5.41, 5.74) is 0.966. The fourth-order valence-corrected chi connectivity index (χ4v) is 2.40.